The first-order valence-electron chi connectivity index (χ1n) is 5.40. The van der Waals surface area contributed by atoms with Gasteiger partial charge in [-0.05, 0) is 20.9 Å². The minimum absolute atomic E-state index is 0.222. The molecule has 16 heavy (non-hydrogen) atoms. The quantitative estimate of drug-likeness (QED) is 0.880. The van der Waals surface area contributed by atoms with Gasteiger partial charge in [-0.3, -0.25) is 0 Å². The van der Waals surface area contributed by atoms with Crippen molar-refractivity contribution in [2.75, 3.05) is 7.05 Å². The molecule has 0 aliphatic heterocycles. The molecule has 0 aromatic carbocycles. The standard InChI is InChI=1S/C11H21N3OS/c1-10(2,3)16-7-8-13-9(15-14-8)11(4,5)12-6/h12H,7H2,1-6H3. The second-order valence-electron chi connectivity index (χ2n) is 5.29. The summed E-state index contributed by atoms with van der Waals surface area (Å²) < 4.78 is 5.47. The molecule has 1 aromatic rings. The van der Waals surface area contributed by atoms with Gasteiger partial charge in [-0.2, -0.15) is 4.98 Å². The number of hydrogen-bond acceptors (Lipinski definition) is 5. The van der Waals surface area contributed by atoms with E-state index in [1.807, 2.05) is 32.7 Å². The second kappa shape index (κ2) is 4.75. The van der Waals surface area contributed by atoms with Crippen molar-refractivity contribution < 1.29 is 4.52 Å². The number of aromatic nitrogens is 2. The zero-order valence-electron chi connectivity index (χ0n) is 10.9. The van der Waals surface area contributed by atoms with Gasteiger partial charge in [0.1, 0.15) is 0 Å². The molecule has 1 N–H and O–H groups in total. The highest BCUT2D eigenvalue weighted by Crippen LogP contribution is 2.27. The number of nitrogens with zero attached hydrogens (tertiary/aromatic N) is 2. The first-order chi connectivity index (χ1) is 7.24. The summed E-state index contributed by atoms with van der Waals surface area (Å²) in [6.45, 7) is 10.6. The van der Waals surface area contributed by atoms with Crippen LogP contribution in [0.5, 0.6) is 0 Å². The molecule has 0 bridgehead atoms. The van der Waals surface area contributed by atoms with Crippen molar-refractivity contribution in [3.63, 3.8) is 0 Å². The summed E-state index contributed by atoms with van der Waals surface area (Å²) in [6, 6.07) is 0. The molecule has 0 unspecified atom stereocenters. The lowest BCUT2D eigenvalue weighted by Crippen LogP contribution is -2.33. The van der Waals surface area contributed by atoms with E-state index in [0.717, 1.165) is 11.6 Å². The maximum absolute atomic E-state index is 5.25. The summed E-state index contributed by atoms with van der Waals surface area (Å²) in [5, 5.41) is 7.13. The molecule has 92 valence electrons. The third-order valence-electron chi connectivity index (χ3n) is 2.26. The predicted octanol–water partition coefficient (Wildman–Crippen LogP) is 2.56. The minimum atomic E-state index is -0.266. The predicted molar refractivity (Wildman–Crippen MR) is 67.4 cm³/mol. The Kier molecular flexibility index (Phi) is 4.02. The number of rotatable bonds is 4. The summed E-state index contributed by atoms with van der Waals surface area (Å²) in [6.07, 6.45) is 0. The van der Waals surface area contributed by atoms with Gasteiger partial charge in [0.2, 0.25) is 5.89 Å². The van der Waals surface area contributed by atoms with Crippen LogP contribution in [0.3, 0.4) is 0 Å². The van der Waals surface area contributed by atoms with Crippen LogP contribution in [0.25, 0.3) is 0 Å². The Morgan fingerprint density at radius 3 is 2.38 bits per heavy atom. The van der Waals surface area contributed by atoms with Crippen molar-refractivity contribution in [1.82, 2.24) is 15.5 Å². The zero-order chi connectivity index (χ0) is 12.4. The van der Waals surface area contributed by atoms with Gasteiger partial charge in [0.05, 0.1) is 11.3 Å². The van der Waals surface area contributed by atoms with Crippen molar-refractivity contribution in [3.05, 3.63) is 11.7 Å². The smallest absolute Gasteiger partial charge is 0.246 e. The Morgan fingerprint density at radius 1 is 1.25 bits per heavy atom. The topological polar surface area (TPSA) is 51.0 Å². The monoisotopic (exact) mass is 243 g/mol. The van der Waals surface area contributed by atoms with Crippen LogP contribution in [0.1, 0.15) is 46.3 Å². The molecule has 0 saturated carbocycles. The van der Waals surface area contributed by atoms with Crippen molar-refractivity contribution in [1.29, 1.82) is 0 Å². The molecule has 0 saturated heterocycles. The Morgan fingerprint density at radius 2 is 1.88 bits per heavy atom. The highest BCUT2D eigenvalue weighted by molar-refractivity contribution is 7.99. The van der Waals surface area contributed by atoms with Gasteiger partial charge in [-0.1, -0.05) is 25.9 Å². The molecule has 1 heterocycles. The summed E-state index contributed by atoms with van der Waals surface area (Å²) >= 11 is 1.81. The van der Waals surface area contributed by atoms with Crippen LogP contribution in [0.2, 0.25) is 0 Å². The van der Waals surface area contributed by atoms with Gasteiger partial charge in [0, 0.05) is 4.75 Å². The maximum Gasteiger partial charge on any atom is 0.246 e. The van der Waals surface area contributed by atoms with E-state index in [9.17, 15) is 0 Å². The highest BCUT2D eigenvalue weighted by Gasteiger charge is 2.25. The Balaban J connectivity index is 2.66. The van der Waals surface area contributed by atoms with E-state index in [-0.39, 0.29) is 10.3 Å². The first kappa shape index (κ1) is 13.5. The molecule has 0 radical (unpaired) electrons. The van der Waals surface area contributed by atoms with Crippen LogP contribution in [-0.4, -0.2) is 21.9 Å². The minimum Gasteiger partial charge on any atom is -0.337 e. The summed E-state index contributed by atoms with van der Waals surface area (Å²) in [4.78, 5) is 4.39. The lowest BCUT2D eigenvalue weighted by molar-refractivity contribution is 0.280. The molecule has 1 aromatic heterocycles. The molecule has 0 atom stereocenters. The van der Waals surface area contributed by atoms with Gasteiger partial charge in [-0.25, -0.2) is 0 Å². The summed E-state index contributed by atoms with van der Waals surface area (Å²) in [5.74, 6) is 2.19. The van der Waals surface area contributed by atoms with E-state index in [1.165, 1.54) is 0 Å². The zero-order valence-corrected chi connectivity index (χ0v) is 11.7. The molecule has 0 spiro atoms. The van der Waals surface area contributed by atoms with Crippen LogP contribution >= 0.6 is 11.8 Å². The van der Waals surface area contributed by atoms with Gasteiger partial charge >= 0.3 is 0 Å². The van der Waals surface area contributed by atoms with Crippen LogP contribution < -0.4 is 5.32 Å². The third kappa shape index (κ3) is 3.79. The summed E-state index contributed by atoms with van der Waals surface area (Å²) in [5.41, 5.74) is -0.266. The number of thioether (sulfide) groups is 1. The van der Waals surface area contributed by atoms with Crippen molar-refractivity contribution in [3.8, 4) is 0 Å². The van der Waals surface area contributed by atoms with Crippen LogP contribution in [0.4, 0.5) is 0 Å². The molecule has 0 aliphatic rings. The average Bonchev–Trinajstić information content (AvgIpc) is 2.62. The molecule has 0 amide bonds. The fraction of sp³-hybridized carbons (Fsp3) is 0.818. The number of hydrogen-bond donors (Lipinski definition) is 1. The van der Waals surface area contributed by atoms with Crippen molar-refractivity contribution >= 4 is 11.8 Å². The maximum atomic E-state index is 5.25. The van der Waals surface area contributed by atoms with Crippen molar-refractivity contribution in [2.24, 2.45) is 0 Å². The van der Waals surface area contributed by atoms with Crippen LogP contribution in [-0.2, 0) is 11.3 Å². The second-order valence-corrected chi connectivity index (χ2v) is 7.09. The molecule has 0 aliphatic carbocycles. The molecule has 0 fully saturated rings. The normalized spacial score (nSPS) is 13.1. The summed E-state index contributed by atoms with van der Waals surface area (Å²) in [7, 11) is 1.88. The highest BCUT2D eigenvalue weighted by atomic mass is 32.2. The molecular weight excluding hydrogens is 222 g/mol. The number of nitrogens with one attached hydrogen (secondary N) is 1. The van der Waals surface area contributed by atoms with Gasteiger partial charge in [0.15, 0.2) is 5.82 Å². The van der Waals surface area contributed by atoms with E-state index in [2.05, 4.69) is 36.2 Å². The largest absolute Gasteiger partial charge is 0.337 e. The Hall–Kier alpha value is -0.550. The molecular formula is C11H21N3OS. The van der Waals surface area contributed by atoms with Gasteiger partial charge in [-0.15, -0.1) is 11.8 Å². The molecule has 5 heteroatoms. The van der Waals surface area contributed by atoms with E-state index in [1.54, 1.807) is 0 Å². The Labute approximate surface area is 102 Å². The molecule has 1 rings (SSSR count). The van der Waals surface area contributed by atoms with E-state index < -0.39 is 0 Å². The Bertz CT molecular complexity index is 341. The van der Waals surface area contributed by atoms with Gasteiger partial charge < -0.3 is 9.84 Å². The van der Waals surface area contributed by atoms with E-state index in [0.29, 0.717) is 5.89 Å². The average molecular weight is 243 g/mol. The van der Waals surface area contributed by atoms with Gasteiger partial charge in [0.25, 0.3) is 0 Å². The fourth-order valence-corrected chi connectivity index (χ4v) is 1.63. The molecule has 4 nitrogen and oxygen atoms in total. The lowest BCUT2D eigenvalue weighted by Gasteiger charge is -2.18. The van der Waals surface area contributed by atoms with Crippen LogP contribution in [0.15, 0.2) is 4.52 Å². The first-order valence-corrected chi connectivity index (χ1v) is 6.39. The van der Waals surface area contributed by atoms with E-state index in [4.69, 9.17) is 4.52 Å². The van der Waals surface area contributed by atoms with Crippen molar-refractivity contribution in [2.45, 2.75) is 50.7 Å². The third-order valence-corrected chi connectivity index (χ3v) is 3.53. The van der Waals surface area contributed by atoms with Crippen LogP contribution in [0, 0.1) is 0 Å². The lowest BCUT2D eigenvalue weighted by atomic mass is 10.1. The fourth-order valence-electron chi connectivity index (χ4n) is 0.954. The van der Waals surface area contributed by atoms with E-state index >= 15 is 0 Å². The SMILES string of the molecule is CNC(C)(C)c1nc(CSC(C)(C)C)no1.